The monoisotopic (exact) mass is 223 g/mol. The third-order valence-corrected chi connectivity index (χ3v) is 3.67. The molecule has 0 bridgehead atoms. The smallest absolute Gasteiger partial charge is 0.225 e. The SMILES string of the molecule is O=C1CC2(CCC2)c2c(F)cc(F)cc2N1. The molecule has 84 valence electrons. The fourth-order valence-electron chi connectivity index (χ4n) is 2.83. The molecule has 0 atom stereocenters. The van der Waals surface area contributed by atoms with Crippen LogP contribution in [0.4, 0.5) is 14.5 Å². The van der Waals surface area contributed by atoms with Crippen LogP contribution in [-0.2, 0) is 10.2 Å². The Morgan fingerprint density at radius 2 is 2.00 bits per heavy atom. The Morgan fingerprint density at radius 1 is 1.25 bits per heavy atom. The lowest BCUT2D eigenvalue weighted by molar-refractivity contribution is -0.118. The molecule has 1 aromatic rings. The van der Waals surface area contributed by atoms with Gasteiger partial charge < -0.3 is 5.32 Å². The van der Waals surface area contributed by atoms with Crippen molar-refractivity contribution in [3.05, 3.63) is 29.3 Å². The van der Waals surface area contributed by atoms with Gasteiger partial charge in [-0.3, -0.25) is 4.79 Å². The minimum absolute atomic E-state index is 0.141. The summed E-state index contributed by atoms with van der Waals surface area (Å²) in [5.41, 5.74) is 0.448. The molecule has 2 nitrogen and oxygen atoms in total. The van der Waals surface area contributed by atoms with Crippen molar-refractivity contribution in [2.75, 3.05) is 5.32 Å². The highest BCUT2D eigenvalue weighted by molar-refractivity contribution is 5.95. The van der Waals surface area contributed by atoms with Crippen LogP contribution in [0.25, 0.3) is 0 Å². The van der Waals surface area contributed by atoms with Crippen molar-refractivity contribution in [3.63, 3.8) is 0 Å². The lowest BCUT2D eigenvalue weighted by Gasteiger charge is -2.45. The average Bonchev–Trinajstić information content (AvgIpc) is 2.12. The normalized spacial score (nSPS) is 21.2. The molecule has 0 saturated heterocycles. The predicted octanol–water partition coefficient (Wildman–Crippen LogP) is 2.73. The second kappa shape index (κ2) is 3.03. The molecule has 0 radical (unpaired) electrons. The van der Waals surface area contributed by atoms with Gasteiger partial charge in [0, 0.05) is 23.5 Å². The van der Waals surface area contributed by atoms with Gasteiger partial charge in [-0.15, -0.1) is 0 Å². The summed E-state index contributed by atoms with van der Waals surface area (Å²) in [6, 6.07) is 2.10. The molecule has 0 aromatic heterocycles. The van der Waals surface area contributed by atoms with Crippen LogP contribution in [0.3, 0.4) is 0 Å². The standard InChI is InChI=1S/C12H11F2NO/c13-7-4-8(14)11-9(5-7)15-10(16)6-12(11)2-1-3-12/h4-5H,1-3,6H2,(H,15,16). The van der Waals surface area contributed by atoms with Gasteiger partial charge in [-0.2, -0.15) is 0 Å². The van der Waals surface area contributed by atoms with Crippen LogP contribution >= 0.6 is 0 Å². The van der Waals surface area contributed by atoms with Crippen LogP contribution in [0.2, 0.25) is 0 Å². The Bertz CT molecular complexity index is 480. The Balaban J connectivity index is 2.21. The van der Waals surface area contributed by atoms with E-state index in [-0.39, 0.29) is 11.3 Å². The first-order valence-corrected chi connectivity index (χ1v) is 5.40. The Morgan fingerprint density at radius 3 is 2.62 bits per heavy atom. The van der Waals surface area contributed by atoms with E-state index in [0.717, 1.165) is 25.3 Å². The molecule has 1 fully saturated rings. The lowest BCUT2D eigenvalue weighted by atomic mass is 9.60. The molecule has 1 aliphatic carbocycles. The second-order valence-corrected chi connectivity index (χ2v) is 4.67. The summed E-state index contributed by atoms with van der Waals surface area (Å²) >= 11 is 0. The first-order chi connectivity index (χ1) is 7.61. The van der Waals surface area contributed by atoms with Gasteiger partial charge in [0.1, 0.15) is 11.6 Å². The fraction of sp³-hybridized carbons (Fsp3) is 0.417. The third-order valence-electron chi connectivity index (χ3n) is 3.67. The second-order valence-electron chi connectivity index (χ2n) is 4.67. The number of rotatable bonds is 0. The quantitative estimate of drug-likeness (QED) is 0.719. The highest BCUT2D eigenvalue weighted by Gasteiger charge is 2.46. The van der Waals surface area contributed by atoms with Crippen molar-refractivity contribution in [2.24, 2.45) is 0 Å². The van der Waals surface area contributed by atoms with E-state index in [2.05, 4.69) is 5.32 Å². The van der Waals surface area contributed by atoms with Gasteiger partial charge in [0.25, 0.3) is 0 Å². The molecule has 3 rings (SSSR count). The molecule has 1 heterocycles. The molecular weight excluding hydrogens is 212 g/mol. The summed E-state index contributed by atoms with van der Waals surface area (Å²) in [5, 5.41) is 2.55. The van der Waals surface area contributed by atoms with Gasteiger partial charge in [-0.05, 0) is 18.9 Å². The number of nitrogens with one attached hydrogen (secondary N) is 1. The zero-order valence-electron chi connectivity index (χ0n) is 8.65. The number of amides is 1. The van der Waals surface area contributed by atoms with E-state index in [4.69, 9.17) is 0 Å². The molecule has 2 aliphatic rings. The van der Waals surface area contributed by atoms with Crippen molar-refractivity contribution in [1.82, 2.24) is 0 Å². The van der Waals surface area contributed by atoms with E-state index in [1.807, 2.05) is 0 Å². The molecule has 1 spiro atoms. The Kier molecular flexibility index (Phi) is 1.85. The van der Waals surface area contributed by atoms with E-state index < -0.39 is 11.6 Å². The van der Waals surface area contributed by atoms with E-state index in [9.17, 15) is 13.6 Å². The largest absolute Gasteiger partial charge is 0.326 e. The van der Waals surface area contributed by atoms with Gasteiger partial charge in [0.05, 0.1) is 5.69 Å². The lowest BCUT2D eigenvalue weighted by Crippen LogP contribution is -2.43. The molecule has 0 unspecified atom stereocenters. The number of carbonyl (C=O) groups is 1. The number of benzene rings is 1. The zero-order chi connectivity index (χ0) is 11.3. The van der Waals surface area contributed by atoms with Crippen molar-refractivity contribution >= 4 is 11.6 Å². The van der Waals surface area contributed by atoms with Crippen LogP contribution in [0.1, 0.15) is 31.2 Å². The molecule has 16 heavy (non-hydrogen) atoms. The first kappa shape index (κ1) is 9.75. The number of halogens is 2. The number of anilines is 1. The average molecular weight is 223 g/mol. The summed E-state index contributed by atoms with van der Waals surface area (Å²) in [4.78, 5) is 11.5. The van der Waals surface area contributed by atoms with Crippen molar-refractivity contribution in [1.29, 1.82) is 0 Å². The van der Waals surface area contributed by atoms with Crippen molar-refractivity contribution < 1.29 is 13.6 Å². The number of hydrogen-bond donors (Lipinski definition) is 1. The molecule has 1 aliphatic heterocycles. The Hall–Kier alpha value is -1.45. The molecule has 1 aromatic carbocycles. The maximum Gasteiger partial charge on any atom is 0.225 e. The topological polar surface area (TPSA) is 29.1 Å². The van der Waals surface area contributed by atoms with Crippen LogP contribution in [-0.4, -0.2) is 5.91 Å². The zero-order valence-corrected chi connectivity index (χ0v) is 8.65. The maximum atomic E-state index is 13.8. The number of hydrogen-bond acceptors (Lipinski definition) is 1. The van der Waals surface area contributed by atoms with Gasteiger partial charge in [-0.1, -0.05) is 6.42 Å². The van der Waals surface area contributed by atoms with Crippen LogP contribution in [0.5, 0.6) is 0 Å². The summed E-state index contributed by atoms with van der Waals surface area (Å²) in [6.45, 7) is 0. The summed E-state index contributed by atoms with van der Waals surface area (Å²) in [7, 11) is 0. The summed E-state index contributed by atoms with van der Waals surface area (Å²) in [6.07, 6.45) is 2.96. The molecule has 1 amide bonds. The molecule has 1 N–H and O–H groups in total. The van der Waals surface area contributed by atoms with E-state index in [0.29, 0.717) is 17.7 Å². The van der Waals surface area contributed by atoms with Crippen LogP contribution in [0.15, 0.2) is 12.1 Å². The number of fused-ring (bicyclic) bond motifs is 2. The van der Waals surface area contributed by atoms with Crippen molar-refractivity contribution in [3.8, 4) is 0 Å². The minimum Gasteiger partial charge on any atom is -0.326 e. The first-order valence-electron chi connectivity index (χ1n) is 5.40. The third kappa shape index (κ3) is 1.19. The molecule has 1 saturated carbocycles. The van der Waals surface area contributed by atoms with E-state index in [1.54, 1.807) is 0 Å². The highest BCUT2D eigenvalue weighted by atomic mass is 19.1. The number of carbonyl (C=O) groups excluding carboxylic acids is 1. The predicted molar refractivity (Wildman–Crippen MR) is 55.1 cm³/mol. The summed E-state index contributed by atoms with van der Waals surface area (Å²) < 4.78 is 26.8. The van der Waals surface area contributed by atoms with Crippen LogP contribution in [0, 0.1) is 11.6 Å². The van der Waals surface area contributed by atoms with E-state index in [1.165, 1.54) is 6.07 Å². The van der Waals surface area contributed by atoms with Gasteiger partial charge in [0.15, 0.2) is 0 Å². The van der Waals surface area contributed by atoms with Gasteiger partial charge in [0.2, 0.25) is 5.91 Å². The van der Waals surface area contributed by atoms with Crippen molar-refractivity contribution in [2.45, 2.75) is 31.1 Å². The molecular formula is C12H11F2NO. The van der Waals surface area contributed by atoms with E-state index >= 15 is 0 Å². The minimum atomic E-state index is -0.645. The van der Waals surface area contributed by atoms with Gasteiger partial charge >= 0.3 is 0 Å². The summed E-state index contributed by atoms with van der Waals surface area (Å²) in [5.74, 6) is -1.32. The highest BCUT2D eigenvalue weighted by Crippen LogP contribution is 2.52. The fourth-order valence-corrected chi connectivity index (χ4v) is 2.83. The van der Waals surface area contributed by atoms with Crippen LogP contribution < -0.4 is 5.32 Å². The Labute approximate surface area is 91.7 Å². The molecule has 4 heteroatoms. The maximum absolute atomic E-state index is 13.8. The van der Waals surface area contributed by atoms with Gasteiger partial charge in [-0.25, -0.2) is 8.78 Å².